The highest BCUT2D eigenvalue weighted by Gasteiger charge is 2.29. The molecule has 3 aromatic rings. The van der Waals surface area contributed by atoms with E-state index >= 15 is 0 Å². The zero-order valence-corrected chi connectivity index (χ0v) is 17.0. The summed E-state index contributed by atoms with van der Waals surface area (Å²) in [6, 6.07) is 9.55. The second-order valence-corrected chi connectivity index (χ2v) is 8.29. The molecule has 2 aromatic heterocycles. The number of amides is 1. The highest BCUT2D eigenvalue weighted by atomic mass is 79.9. The van der Waals surface area contributed by atoms with Gasteiger partial charge < -0.3 is 9.84 Å². The summed E-state index contributed by atoms with van der Waals surface area (Å²) in [6.07, 6.45) is 3.96. The Balaban J connectivity index is 1.33. The lowest BCUT2D eigenvalue weighted by atomic mass is 10.2. The molecule has 0 aliphatic heterocycles. The van der Waals surface area contributed by atoms with Crippen LogP contribution in [0.25, 0.3) is 11.5 Å². The summed E-state index contributed by atoms with van der Waals surface area (Å²) in [5.41, 5.74) is 2.67. The molecule has 0 spiro atoms. The highest BCUT2D eigenvalue weighted by Crippen LogP contribution is 2.38. The first-order valence-corrected chi connectivity index (χ1v) is 10.3. The van der Waals surface area contributed by atoms with E-state index in [1.807, 2.05) is 37.3 Å². The van der Waals surface area contributed by atoms with Gasteiger partial charge in [-0.3, -0.25) is 4.79 Å². The average Bonchev–Trinajstić information content (AvgIpc) is 3.40. The van der Waals surface area contributed by atoms with Crippen LogP contribution in [0.2, 0.25) is 0 Å². The van der Waals surface area contributed by atoms with Crippen molar-refractivity contribution in [3.8, 4) is 11.5 Å². The fraction of sp³-hybridized carbons (Fsp3) is 0.263. The molecular weight excluding hydrogens is 428 g/mol. The molecule has 0 saturated heterocycles. The summed E-state index contributed by atoms with van der Waals surface area (Å²) in [7, 11) is 0. The van der Waals surface area contributed by atoms with Gasteiger partial charge in [-0.05, 0) is 65.5 Å². The van der Waals surface area contributed by atoms with Gasteiger partial charge >= 0.3 is 0 Å². The van der Waals surface area contributed by atoms with Gasteiger partial charge in [0.1, 0.15) is 0 Å². The Kier molecular flexibility index (Phi) is 5.27. The number of hydrogen-bond donors (Lipinski definition) is 1. The van der Waals surface area contributed by atoms with Gasteiger partial charge in [0.2, 0.25) is 5.91 Å². The third-order valence-corrected chi connectivity index (χ3v) is 5.72. The van der Waals surface area contributed by atoms with Gasteiger partial charge in [0.15, 0.2) is 5.82 Å². The van der Waals surface area contributed by atoms with Gasteiger partial charge in [-0.25, -0.2) is 4.98 Å². The Labute approximate surface area is 169 Å². The quantitative estimate of drug-likeness (QED) is 0.549. The molecule has 4 rings (SSSR count). The fourth-order valence-corrected chi connectivity index (χ4v) is 3.73. The average molecular weight is 445 g/mol. The van der Waals surface area contributed by atoms with E-state index in [1.54, 1.807) is 6.20 Å². The molecule has 138 valence electrons. The van der Waals surface area contributed by atoms with E-state index in [4.69, 9.17) is 4.52 Å². The van der Waals surface area contributed by atoms with E-state index < -0.39 is 0 Å². The van der Waals surface area contributed by atoms with Crippen molar-refractivity contribution in [3.05, 3.63) is 52.4 Å². The van der Waals surface area contributed by atoms with Crippen molar-refractivity contribution in [2.75, 3.05) is 11.1 Å². The molecule has 0 radical (unpaired) electrons. The summed E-state index contributed by atoms with van der Waals surface area (Å²) in [5.74, 6) is 1.92. The van der Waals surface area contributed by atoms with E-state index in [0.29, 0.717) is 11.8 Å². The van der Waals surface area contributed by atoms with Gasteiger partial charge in [-0.15, -0.1) is 0 Å². The van der Waals surface area contributed by atoms with Crippen molar-refractivity contribution in [2.24, 2.45) is 0 Å². The molecule has 1 aromatic carbocycles. The lowest BCUT2D eigenvalue weighted by Crippen LogP contribution is -2.14. The summed E-state index contributed by atoms with van der Waals surface area (Å²) >= 11 is 4.84. The number of rotatable bonds is 6. The normalized spacial score (nSPS) is 13.6. The molecule has 1 fully saturated rings. The number of carbonyl (C=O) groups is 1. The minimum absolute atomic E-state index is 0.0820. The number of carbonyl (C=O) groups excluding carboxylic acids is 1. The highest BCUT2D eigenvalue weighted by molar-refractivity contribution is 9.10. The second-order valence-electron chi connectivity index (χ2n) is 6.44. The number of aromatic nitrogens is 3. The zero-order chi connectivity index (χ0) is 18.8. The van der Waals surface area contributed by atoms with E-state index in [2.05, 4.69) is 36.4 Å². The minimum Gasteiger partial charge on any atom is -0.334 e. The molecule has 0 unspecified atom stereocenters. The monoisotopic (exact) mass is 444 g/mol. The third kappa shape index (κ3) is 4.56. The van der Waals surface area contributed by atoms with Crippen molar-refractivity contribution in [2.45, 2.75) is 30.7 Å². The zero-order valence-electron chi connectivity index (χ0n) is 14.6. The summed E-state index contributed by atoms with van der Waals surface area (Å²) in [6.45, 7) is 2.00. The van der Waals surface area contributed by atoms with Crippen LogP contribution < -0.4 is 5.32 Å². The maximum Gasteiger partial charge on any atom is 0.259 e. The number of nitrogens with zero attached hydrogens (tertiary/aromatic N) is 3. The third-order valence-electron chi connectivity index (χ3n) is 4.12. The van der Waals surface area contributed by atoms with Gasteiger partial charge in [0.05, 0.1) is 22.0 Å². The van der Waals surface area contributed by atoms with Crippen molar-refractivity contribution < 1.29 is 9.32 Å². The predicted molar refractivity (Wildman–Crippen MR) is 108 cm³/mol. The molecule has 1 saturated carbocycles. The summed E-state index contributed by atoms with van der Waals surface area (Å²) in [4.78, 5) is 21.0. The summed E-state index contributed by atoms with van der Waals surface area (Å²) in [5, 5.41) is 7.67. The fourth-order valence-electron chi connectivity index (χ4n) is 2.50. The van der Waals surface area contributed by atoms with Crippen molar-refractivity contribution in [1.29, 1.82) is 0 Å². The van der Waals surface area contributed by atoms with Crippen molar-refractivity contribution >= 4 is 39.3 Å². The molecule has 1 aliphatic carbocycles. The van der Waals surface area contributed by atoms with Crippen LogP contribution in [0.15, 0.2) is 50.6 Å². The van der Waals surface area contributed by atoms with Gasteiger partial charge in [0, 0.05) is 16.6 Å². The first-order valence-electron chi connectivity index (χ1n) is 8.57. The number of aryl methyl sites for hydroxylation is 1. The molecule has 0 atom stereocenters. The van der Waals surface area contributed by atoms with Crippen molar-refractivity contribution in [1.82, 2.24) is 15.1 Å². The van der Waals surface area contributed by atoms with E-state index in [9.17, 15) is 4.79 Å². The number of hydrogen-bond acceptors (Lipinski definition) is 6. The van der Waals surface area contributed by atoms with Crippen LogP contribution >= 0.6 is 27.7 Å². The largest absolute Gasteiger partial charge is 0.334 e. The van der Waals surface area contributed by atoms with Gasteiger partial charge in [0.25, 0.3) is 5.89 Å². The Morgan fingerprint density at radius 3 is 2.89 bits per heavy atom. The number of halogens is 1. The number of anilines is 1. The van der Waals surface area contributed by atoms with Crippen LogP contribution in [0.5, 0.6) is 0 Å². The van der Waals surface area contributed by atoms with E-state index in [1.165, 1.54) is 11.8 Å². The Hall–Kier alpha value is -2.19. The van der Waals surface area contributed by atoms with Crippen LogP contribution in [0.3, 0.4) is 0 Å². The van der Waals surface area contributed by atoms with Crippen LogP contribution in [0.4, 0.5) is 5.69 Å². The molecule has 2 heterocycles. The first-order chi connectivity index (χ1) is 13.1. The number of nitrogens with one attached hydrogen (secondary N) is 1. The molecular formula is C19H17BrN4O2S. The molecule has 1 amide bonds. The number of benzene rings is 1. The van der Waals surface area contributed by atoms with Crippen LogP contribution in [-0.4, -0.2) is 26.8 Å². The van der Waals surface area contributed by atoms with Crippen molar-refractivity contribution in [3.63, 3.8) is 0 Å². The predicted octanol–water partition coefficient (Wildman–Crippen LogP) is 4.81. The standard InChI is InChI=1S/C19H17BrN4O2S/c1-11-2-6-15(14(20)8-11)22-16(25)10-27-17-7-5-13(9-21-17)19-23-18(24-26-19)12-3-4-12/h2,5-9,12H,3-4,10H2,1H3,(H,22,25). The SMILES string of the molecule is Cc1ccc(NC(=O)CSc2ccc(-c3nc(C4CC4)no3)cn2)c(Br)c1. The lowest BCUT2D eigenvalue weighted by Gasteiger charge is -2.08. The first kappa shape index (κ1) is 18.2. The van der Waals surface area contributed by atoms with Gasteiger partial charge in [-0.1, -0.05) is 23.0 Å². The molecule has 1 N–H and O–H groups in total. The number of pyridine rings is 1. The van der Waals surface area contributed by atoms with Crippen LogP contribution in [-0.2, 0) is 4.79 Å². The Morgan fingerprint density at radius 1 is 1.33 bits per heavy atom. The molecule has 6 nitrogen and oxygen atoms in total. The van der Waals surface area contributed by atoms with E-state index in [0.717, 1.165) is 45.0 Å². The number of thioether (sulfide) groups is 1. The Bertz CT molecular complexity index is 970. The molecule has 8 heteroatoms. The second kappa shape index (κ2) is 7.82. The molecule has 27 heavy (non-hydrogen) atoms. The smallest absolute Gasteiger partial charge is 0.259 e. The Morgan fingerprint density at radius 2 is 2.19 bits per heavy atom. The maximum absolute atomic E-state index is 12.2. The maximum atomic E-state index is 12.2. The lowest BCUT2D eigenvalue weighted by molar-refractivity contribution is -0.113. The molecule has 1 aliphatic rings. The summed E-state index contributed by atoms with van der Waals surface area (Å²) < 4.78 is 6.17. The van der Waals surface area contributed by atoms with Gasteiger partial charge in [-0.2, -0.15) is 4.98 Å². The topological polar surface area (TPSA) is 80.9 Å². The van der Waals surface area contributed by atoms with E-state index in [-0.39, 0.29) is 11.7 Å². The van der Waals surface area contributed by atoms with Crippen LogP contribution in [0, 0.1) is 6.92 Å². The minimum atomic E-state index is -0.0820. The van der Waals surface area contributed by atoms with Crippen LogP contribution in [0.1, 0.15) is 30.1 Å². The molecule has 0 bridgehead atoms.